The number of benzene rings is 6. The van der Waals surface area contributed by atoms with Gasteiger partial charge in [0.05, 0.1) is 26.9 Å². The first kappa shape index (κ1) is 23.6. The van der Waals surface area contributed by atoms with E-state index in [9.17, 15) is 0 Å². The monoisotopic (exact) mass is 496 g/mol. The van der Waals surface area contributed by atoms with E-state index in [1.54, 1.807) is 21.3 Å². The van der Waals surface area contributed by atoms with Gasteiger partial charge < -0.3 is 14.2 Å². The number of methoxy groups -OCH3 is 3. The van der Waals surface area contributed by atoms with Gasteiger partial charge in [0.15, 0.2) is 0 Å². The predicted octanol–water partition coefficient (Wildman–Crippen LogP) is 9.02. The summed E-state index contributed by atoms with van der Waals surface area (Å²) in [5.41, 5.74) is 6.04. The van der Waals surface area contributed by atoms with Crippen molar-refractivity contribution < 1.29 is 14.2 Å². The fraction of sp³-hybridized carbons (Fsp3) is 0.0857. The van der Waals surface area contributed by atoms with E-state index >= 15 is 0 Å². The molecule has 0 bridgehead atoms. The molecule has 6 aromatic rings. The molecular weight excluding hydrogens is 468 g/mol. The SMILES string of the molecule is COc1c(-c2ccccc2)cc2ccccc2c1-c1c(OC)c(-c2ccccc2)c(OC)c2ccccc12. The van der Waals surface area contributed by atoms with Gasteiger partial charge in [0.2, 0.25) is 0 Å². The van der Waals surface area contributed by atoms with Crippen LogP contribution in [0, 0.1) is 0 Å². The Labute approximate surface area is 222 Å². The fourth-order valence-corrected chi connectivity index (χ4v) is 5.54. The van der Waals surface area contributed by atoms with Crippen LogP contribution in [0.3, 0.4) is 0 Å². The summed E-state index contributed by atoms with van der Waals surface area (Å²) in [7, 11) is 5.20. The lowest BCUT2D eigenvalue weighted by Crippen LogP contribution is -2.01. The highest BCUT2D eigenvalue weighted by Crippen LogP contribution is 2.55. The van der Waals surface area contributed by atoms with Gasteiger partial charge >= 0.3 is 0 Å². The lowest BCUT2D eigenvalue weighted by molar-refractivity contribution is 0.400. The van der Waals surface area contributed by atoms with Crippen molar-refractivity contribution >= 4 is 21.5 Å². The molecule has 0 fully saturated rings. The summed E-state index contributed by atoms with van der Waals surface area (Å²) in [6.45, 7) is 0. The van der Waals surface area contributed by atoms with Gasteiger partial charge in [-0.2, -0.15) is 0 Å². The first-order valence-corrected chi connectivity index (χ1v) is 12.6. The normalized spacial score (nSPS) is 11.0. The van der Waals surface area contributed by atoms with Gasteiger partial charge in [-0.25, -0.2) is 0 Å². The lowest BCUT2D eigenvalue weighted by Gasteiger charge is -2.24. The molecule has 0 aliphatic carbocycles. The van der Waals surface area contributed by atoms with Crippen molar-refractivity contribution in [1.29, 1.82) is 0 Å². The molecule has 0 saturated heterocycles. The Bertz CT molecular complexity index is 1760. The van der Waals surface area contributed by atoms with Crippen LogP contribution < -0.4 is 14.2 Å². The summed E-state index contributed by atoms with van der Waals surface area (Å²) < 4.78 is 18.6. The van der Waals surface area contributed by atoms with Crippen molar-refractivity contribution in [3.05, 3.63) is 115 Å². The van der Waals surface area contributed by atoms with Crippen LogP contribution >= 0.6 is 0 Å². The van der Waals surface area contributed by atoms with Gasteiger partial charge in [0, 0.05) is 22.1 Å². The van der Waals surface area contributed by atoms with Crippen molar-refractivity contribution in [3.8, 4) is 50.6 Å². The molecule has 0 atom stereocenters. The molecule has 6 aromatic carbocycles. The summed E-state index contributed by atoms with van der Waals surface area (Å²) in [6, 6.07) is 39.7. The van der Waals surface area contributed by atoms with E-state index in [0.29, 0.717) is 0 Å². The van der Waals surface area contributed by atoms with E-state index in [0.717, 1.165) is 72.2 Å². The number of hydrogen-bond donors (Lipinski definition) is 0. The Morgan fingerprint density at radius 3 is 1.53 bits per heavy atom. The molecule has 3 nitrogen and oxygen atoms in total. The fourth-order valence-electron chi connectivity index (χ4n) is 5.54. The molecule has 186 valence electrons. The molecule has 0 aliphatic rings. The van der Waals surface area contributed by atoms with Crippen molar-refractivity contribution in [1.82, 2.24) is 0 Å². The molecule has 0 aromatic heterocycles. The largest absolute Gasteiger partial charge is 0.495 e. The molecule has 6 rings (SSSR count). The molecule has 0 heterocycles. The standard InChI is InChI=1S/C35H28O3/c1-36-33-28-21-13-12-20-27(28)32(35(38-3)30(33)24-16-8-5-9-17-24)31-26-19-11-10-18-25(26)22-29(34(31)37-2)23-14-6-4-7-15-23/h4-22H,1-3H3. The summed E-state index contributed by atoms with van der Waals surface area (Å²) in [4.78, 5) is 0. The Kier molecular flexibility index (Phi) is 6.19. The second kappa shape index (κ2) is 9.95. The molecular formula is C35H28O3. The van der Waals surface area contributed by atoms with E-state index in [1.807, 2.05) is 30.3 Å². The van der Waals surface area contributed by atoms with Crippen molar-refractivity contribution in [2.24, 2.45) is 0 Å². The topological polar surface area (TPSA) is 27.7 Å². The van der Waals surface area contributed by atoms with Crippen LogP contribution in [0.2, 0.25) is 0 Å². The van der Waals surface area contributed by atoms with E-state index in [2.05, 4.69) is 84.9 Å². The molecule has 0 unspecified atom stereocenters. The summed E-state index contributed by atoms with van der Waals surface area (Å²) in [5.74, 6) is 2.35. The smallest absolute Gasteiger partial charge is 0.139 e. The molecule has 38 heavy (non-hydrogen) atoms. The number of fused-ring (bicyclic) bond motifs is 2. The zero-order valence-corrected chi connectivity index (χ0v) is 21.7. The minimum absolute atomic E-state index is 0.750. The van der Waals surface area contributed by atoms with Crippen LogP contribution in [0.1, 0.15) is 0 Å². The molecule has 0 saturated carbocycles. The minimum atomic E-state index is 0.750. The van der Waals surface area contributed by atoms with Gasteiger partial charge in [-0.3, -0.25) is 0 Å². The minimum Gasteiger partial charge on any atom is -0.495 e. The van der Waals surface area contributed by atoms with Crippen molar-refractivity contribution in [3.63, 3.8) is 0 Å². The van der Waals surface area contributed by atoms with E-state index in [1.165, 1.54) is 0 Å². The molecule has 0 amide bonds. The van der Waals surface area contributed by atoms with Crippen molar-refractivity contribution in [2.75, 3.05) is 21.3 Å². The van der Waals surface area contributed by atoms with E-state index < -0.39 is 0 Å². The summed E-state index contributed by atoms with van der Waals surface area (Å²) in [5, 5.41) is 4.28. The van der Waals surface area contributed by atoms with E-state index in [-0.39, 0.29) is 0 Å². The molecule has 0 N–H and O–H groups in total. The van der Waals surface area contributed by atoms with Crippen LogP contribution in [-0.4, -0.2) is 21.3 Å². The van der Waals surface area contributed by atoms with Crippen LogP contribution in [0.25, 0.3) is 54.9 Å². The maximum absolute atomic E-state index is 6.29. The van der Waals surface area contributed by atoms with Crippen LogP contribution in [0.5, 0.6) is 17.2 Å². The number of hydrogen-bond acceptors (Lipinski definition) is 3. The van der Waals surface area contributed by atoms with E-state index in [4.69, 9.17) is 14.2 Å². The first-order chi connectivity index (χ1) is 18.8. The van der Waals surface area contributed by atoms with Crippen LogP contribution in [0.15, 0.2) is 115 Å². The van der Waals surface area contributed by atoms with Gasteiger partial charge in [-0.1, -0.05) is 109 Å². The Balaban J connectivity index is 1.86. The first-order valence-electron chi connectivity index (χ1n) is 12.6. The molecule has 0 aliphatic heterocycles. The van der Waals surface area contributed by atoms with Crippen LogP contribution in [0.4, 0.5) is 0 Å². The average Bonchev–Trinajstić information content (AvgIpc) is 2.99. The Hall–Kier alpha value is -4.76. The number of ether oxygens (including phenoxy) is 3. The second-order valence-electron chi connectivity index (χ2n) is 9.15. The van der Waals surface area contributed by atoms with Crippen molar-refractivity contribution in [2.45, 2.75) is 0 Å². The molecule has 0 spiro atoms. The zero-order chi connectivity index (χ0) is 26.1. The highest BCUT2D eigenvalue weighted by Gasteiger charge is 2.27. The molecule has 0 radical (unpaired) electrons. The average molecular weight is 497 g/mol. The van der Waals surface area contributed by atoms with Gasteiger partial charge in [-0.05, 0) is 33.4 Å². The summed E-state index contributed by atoms with van der Waals surface area (Å²) in [6.07, 6.45) is 0. The highest BCUT2D eigenvalue weighted by atomic mass is 16.5. The maximum Gasteiger partial charge on any atom is 0.139 e. The quantitative estimate of drug-likeness (QED) is 0.230. The highest BCUT2D eigenvalue weighted by molar-refractivity contribution is 6.16. The maximum atomic E-state index is 6.29. The van der Waals surface area contributed by atoms with Gasteiger partial charge in [0.1, 0.15) is 17.2 Å². The number of rotatable bonds is 6. The lowest BCUT2D eigenvalue weighted by atomic mass is 9.86. The summed E-state index contributed by atoms with van der Waals surface area (Å²) >= 11 is 0. The van der Waals surface area contributed by atoms with Gasteiger partial charge in [0.25, 0.3) is 0 Å². The zero-order valence-electron chi connectivity index (χ0n) is 21.7. The third-order valence-corrected chi connectivity index (χ3v) is 7.13. The Morgan fingerprint density at radius 1 is 0.395 bits per heavy atom. The predicted molar refractivity (Wildman–Crippen MR) is 157 cm³/mol. The third-order valence-electron chi connectivity index (χ3n) is 7.13. The second-order valence-corrected chi connectivity index (χ2v) is 9.15. The third kappa shape index (κ3) is 3.75. The van der Waals surface area contributed by atoms with Crippen LogP contribution in [-0.2, 0) is 0 Å². The van der Waals surface area contributed by atoms with Gasteiger partial charge in [-0.15, -0.1) is 0 Å². The Morgan fingerprint density at radius 2 is 0.895 bits per heavy atom. The molecule has 3 heteroatoms.